The second kappa shape index (κ2) is 7.17. The Morgan fingerprint density at radius 3 is 2.45 bits per heavy atom. The van der Waals surface area contributed by atoms with Crippen LogP contribution in [0.1, 0.15) is 57.6 Å². The number of amides is 1. The van der Waals surface area contributed by atoms with Gasteiger partial charge in [-0.3, -0.25) is 0 Å². The minimum absolute atomic E-state index is 0.227. The molecule has 1 saturated carbocycles. The van der Waals surface area contributed by atoms with Gasteiger partial charge in [0.05, 0.1) is 0 Å². The van der Waals surface area contributed by atoms with Gasteiger partial charge < -0.3 is 10.1 Å². The van der Waals surface area contributed by atoms with Gasteiger partial charge in [-0.05, 0) is 58.4 Å². The monoisotopic (exact) mass is 303 g/mol. The lowest BCUT2D eigenvalue weighted by Crippen LogP contribution is -2.45. The molecule has 2 rings (SSSR count). The lowest BCUT2D eigenvalue weighted by molar-refractivity contribution is 0.0469. The largest absolute Gasteiger partial charge is 0.444 e. The number of alkyl carbamates (subject to hydrolysis) is 1. The maximum absolute atomic E-state index is 12.0. The first-order chi connectivity index (χ1) is 10.3. The molecule has 3 nitrogen and oxygen atoms in total. The molecule has 22 heavy (non-hydrogen) atoms. The van der Waals surface area contributed by atoms with Crippen LogP contribution in [0.2, 0.25) is 0 Å². The van der Waals surface area contributed by atoms with Crippen molar-refractivity contribution in [2.45, 2.75) is 71.4 Å². The predicted molar refractivity (Wildman–Crippen MR) is 90.0 cm³/mol. The van der Waals surface area contributed by atoms with E-state index >= 15 is 0 Å². The van der Waals surface area contributed by atoms with Crippen molar-refractivity contribution >= 4 is 6.09 Å². The Labute approximate surface area is 134 Å². The molecule has 1 aliphatic carbocycles. The summed E-state index contributed by atoms with van der Waals surface area (Å²) in [5, 5.41) is 3.10. The van der Waals surface area contributed by atoms with Crippen LogP contribution >= 0.6 is 0 Å². The van der Waals surface area contributed by atoms with Crippen molar-refractivity contribution in [2.24, 2.45) is 5.92 Å². The summed E-state index contributed by atoms with van der Waals surface area (Å²) in [4.78, 5) is 12.0. The van der Waals surface area contributed by atoms with E-state index in [0.717, 1.165) is 12.8 Å². The summed E-state index contributed by atoms with van der Waals surface area (Å²) < 4.78 is 5.40. The average molecular weight is 303 g/mol. The summed E-state index contributed by atoms with van der Waals surface area (Å²) in [6.07, 6.45) is 5.41. The number of nitrogens with one attached hydrogen (secondary N) is 1. The Balaban J connectivity index is 1.96. The van der Waals surface area contributed by atoms with Gasteiger partial charge in [0.25, 0.3) is 0 Å². The van der Waals surface area contributed by atoms with Crippen LogP contribution in [0.4, 0.5) is 4.79 Å². The van der Waals surface area contributed by atoms with E-state index in [9.17, 15) is 4.79 Å². The number of carbonyl (C=O) groups is 1. The van der Waals surface area contributed by atoms with Crippen molar-refractivity contribution in [1.29, 1.82) is 0 Å². The Kier molecular flexibility index (Phi) is 5.49. The number of hydrogen-bond acceptors (Lipinski definition) is 2. The van der Waals surface area contributed by atoms with Crippen molar-refractivity contribution in [2.75, 3.05) is 0 Å². The zero-order valence-corrected chi connectivity index (χ0v) is 14.3. The summed E-state index contributed by atoms with van der Waals surface area (Å²) in [6, 6.07) is 8.95. The van der Waals surface area contributed by atoms with E-state index < -0.39 is 5.60 Å². The number of rotatable bonds is 3. The highest BCUT2D eigenvalue weighted by Gasteiger charge is 2.28. The standard InChI is InChI=1S/C19H29NO2/c1-14-9-11-15(12-10-14)13-16-7-5-6-8-17(16)20-18(21)22-19(2,3)4/h9-12,16-17H,5-8,13H2,1-4H3,(H,20,21). The quantitative estimate of drug-likeness (QED) is 0.884. The molecule has 1 amide bonds. The average Bonchev–Trinajstić information content (AvgIpc) is 2.41. The van der Waals surface area contributed by atoms with Crippen LogP contribution in [0.15, 0.2) is 24.3 Å². The van der Waals surface area contributed by atoms with Gasteiger partial charge in [0.1, 0.15) is 5.60 Å². The van der Waals surface area contributed by atoms with Gasteiger partial charge in [-0.25, -0.2) is 4.79 Å². The molecule has 0 bridgehead atoms. The molecule has 3 heteroatoms. The van der Waals surface area contributed by atoms with Crippen molar-refractivity contribution < 1.29 is 9.53 Å². The molecule has 0 spiro atoms. The molecule has 1 N–H and O–H groups in total. The fourth-order valence-electron chi connectivity index (χ4n) is 3.13. The molecule has 2 unspecified atom stereocenters. The van der Waals surface area contributed by atoms with Gasteiger partial charge in [-0.2, -0.15) is 0 Å². The molecule has 1 aromatic carbocycles. The molecule has 122 valence electrons. The third-order valence-electron chi connectivity index (χ3n) is 4.23. The molecule has 0 heterocycles. The van der Waals surface area contributed by atoms with Crippen LogP contribution in [0.3, 0.4) is 0 Å². The van der Waals surface area contributed by atoms with Crippen LogP contribution < -0.4 is 5.32 Å². The fraction of sp³-hybridized carbons (Fsp3) is 0.632. The van der Waals surface area contributed by atoms with E-state index in [-0.39, 0.29) is 12.1 Å². The molecular weight excluding hydrogens is 274 g/mol. The highest BCUT2D eigenvalue weighted by atomic mass is 16.6. The van der Waals surface area contributed by atoms with Gasteiger partial charge in [-0.15, -0.1) is 0 Å². The predicted octanol–water partition coefficient (Wildman–Crippen LogP) is 4.62. The third kappa shape index (κ3) is 5.36. The van der Waals surface area contributed by atoms with Gasteiger partial charge in [0.2, 0.25) is 0 Å². The highest BCUT2D eigenvalue weighted by Crippen LogP contribution is 2.28. The number of carbonyl (C=O) groups excluding carboxylic acids is 1. The fourth-order valence-corrected chi connectivity index (χ4v) is 3.13. The summed E-state index contributed by atoms with van der Waals surface area (Å²) in [6.45, 7) is 7.81. The summed E-state index contributed by atoms with van der Waals surface area (Å²) in [5.74, 6) is 0.504. The van der Waals surface area contributed by atoms with Gasteiger partial charge in [-0.1, -0.05) is 42.7 Å². The number of aryl methyl sites for hydroxylation is 1. The summed E-state index contributed by atoms with van der Waals surface area (Å²) in [5.41, 5.74) is 2.20. The lowest BCUT2D eigenvalue weighted by Gasteiger charge is -2.33. The van der Waals surface area contributed by atoms with Crippen LogP contribution in [0.5, 0.6) is 0 Å². The summed E-state index contributed by atoms with van der Waals surface area (Å²) >= 11 is 0. The molecular formula is C19H29NO2. The highest BCUT2D eigenvalue weighted by molar-refractivity contribution is 5.68. The van der Waals surface area contributed by atoms with Crippen molar-refractivity contribution in [3.05, 3.63) is 35.4 Å². The molecule has 0 aliphatic heterocycles. The third-order valence-corrected chi connectivity index (χ3v) is 4.23. The topological polar surface area (TPSA) is 38.3 Å². The first-order valence-corrected chi connectivity index (χ1v) is 8.38. The zero-order valence-electron chi connectivity index (χ0n) is 14.3. The second-order valence-electron chi connectivity index (χ2n) is 7.49. The first kappa shape index (κ1) is 16.9. The van der Waals surface area contributed by atoms with E-state index in [1.807, 2.05) is 20.8 Å². The number of hydrogen-bond donors (Lipinski definition) is 1. The van der Waals surface area contributed by atoms with Crippen LogP contribution in [-0.2, 0) is 11.2 Å². The van der Waals surface area contributed by atoms with Crippen molar-refractivity contribution in [3.63, 3.8) is 0 Å². The first-order valence-electron chi connectivity index (χ1n) is 8.38. The molecule has 2 atom stereocenters. The SMILES string of the molecule is Cc1ccc(CC2CCCCC2NC(=O)OC(C)(C)C)cc1. The molecule has 1 fully saturated rings. The van der Waals surface area contributed by atoms with Gasteiger partial charge >= 0.3 is 6.09 Å². The number of ether oxygens (including phenoxy) is 1. The normalized spacial score (nSPS) is 22.2. The molecule has 0 radical (unpaired) electrons. The van der Waals surface area contributed by atoms with Crippen LogP contribution in [-0.4, -0.2) is 17.7 Å². The van der Waals surface area contributed by atoms with Crippen LogP contribution in [0, 0.1) is 12.8 Å². The molecule has 1 aromatic rings. The van der Waals surface area contributed by atoms with Crippen LogP contribution in [0.25, 0.3) is 0 Å². The summed E-state index contributed by atoms with van der Waals surface area (Å²) in [7, 11) is 0. The number of benzene rings is 1. The van der Waals surface area contributed by atoms with Gasteiger partial charge in [0, 0.05) is 6.04 Å². The zero-order chi connectivity index (χ0) is 16.2. The van der Waals surface area contributed by atoms with E-state index in [2.05, 4.69) is 36.5 Å². The molecule has 1 aliphatic rings. The lowest BCUT2D eigenvalue weighted by atomic mass is 9.80. The Hall–Kier alpha value is -1.51. The van der Waals surface area contributed by atoms with E-state index in [0.29, 0.717) is 5.92 Å². The second-order valence-corrected chi connectivity index (χ2v) is 7.49. The van der Waals surface area contributed by atoms with Crippen molar-refractivity contribution in [3.8, 4) is 0 Å². The molecule has 0 aromatic heterocycles. The minimum Gasteiger partial charge on any atom is -0.444 e. The Morgan fingerprint density at radius 2 is 1.82 bits per heavy atom. The van der Waals surface area contributed by atoms with E-state index in [1.165, 1.54) is 30.4 Å². The van der Waals surface area contributed by atoms with Gasteiger partial charge in [0.15, 0.2) is 0 Å². The minimum atomic E-state index is -0.439. The van der Waals surface area contributed by atoms with E-state index in [4.69, 9.17) is 4.74 Å². The Bertz CT molecular complexity index is 487. The van der Waals surface area contributed by atoms with E-state index in [1.54, 1.807) is 0 Å². The maximum atomic E-state index is 12.0. The smallest absolute Gasteiger partial charge is 0.407 e. The maximum Gasteiger partial charge on any atom is 0.407 e. The Morgan fingerprint density at radius 1 is 1.18 bits per heavy atom. The molecule has 0 saturated heterocycles. The van der Waals surface area contributed by atoms with Crippen molar-refractivity contribution in [1.82, 2.24) is 5.32 Å².